The highest BCUT2D eigenvalue weighted by molar-refractivity contribution is 7.19. The minimum atomic E-state index is -3.60. The Morgan fingerprint density at radius 1 is 0.429 bits per heavy atom. The highest BCUT2D eigenvalue weighted by Gasteiger charge is 2.41. The maximum Gasteiger partial charge on any atom is 0.179 e. The van der Waals surface area contributed by atoms with Gasteiger partial charge in [0.2, 0.25) is 0 Å². The van der Waals surface area contributed by atoms with E-state index in [1.165, 1.54) is 35.7 Å². The topological polar surface area (TPSA) is 9.86 Å². The average molecular weight is 833 g/mol. The summed E-state index contributed by atoms with van der Waals surface area (Å²) in [5.41, 5.74) is 5.44. The molecule has 0 aliphatic heterocycles. The molecule has 1 fully saturated rings. The normalized spacial score (nSPS) is 15.4. The maximum atomic E-state index is 10.1. The number of hydrogen-bond donors (Lipinski definition) is 0. The highest BCUT2D eigenvalue weighted by Crippen LogP contribution is 2.44. The Kier molecular flexibility index (Phi) is 7.42. The van der Waals surface area contributed by atoms with Gasteiger partial charge in [0.15, 0.2) is 8.07 Å². The second-order valence-corrected chi connectivity index (χ2v) is 20.5. The molecule has 0 N–H and O–H groups in total. The van der Waals surface area contributed by atoms with E-state index in [1.807, 2.05) is 132 Å². The van der Waals surface area contributed by atoms with Gasteiger partial charge in [-0.25, -0.2) is 0 Å². The quantitative estimate of drug-likeness (QED) is 0.107. The number of para-hydroxylation sites is 3. The monoisotopic (exact) mass is 832 g/mol. The third-order valence-electron chi connectivity index (χ3n) is 13.4. The third kappa shape index (κ3) is 6.06. The SMILES string of the molecule is [2H]c1c([2H])c(-c2c([2H])c([2H])c([Si](c3ccccc3)(c3ccccc3)c3ccccc3)c([2H])c2[2H])c([2H])c(-n2c3ccccc3c3c(-n4c5ccccc5c5cccc(C6CCCCC6)c54)cccc32)c1[2H]. The lowest BCUT2D eigenvalue weighted by atomic mass is 9.83. The van der Waals surface area contributed by atoms with Crippen molar-refractivity contribution in [3.63, 3.8) is 0 Å². The van der Waals surface area contributed by atoms with Crippen molar-refractivity contribution in [3.05, 3.63) is 230 Å². The zero-order valence-corrected chi connectivity index (χ0v) is 35.8. The summed E-state index contributed by atoms with van der Waals surface area (Å²) in [5.74, 6) is 0.422. The molecule has 0 spiro atoms. The van der Waals surface area contributed by atoms with Crippen molar-refractivity contribution in [1.29, 1.82) is 0 Å². The van der Waals surface area contributed by atoms with Crippen LogP contribution < -0.4 is 20.7 Å². The standard InChI is InChI=1S/C60H48N2Si/c1-5-20-44(21-6-1)51-32-18-33-53-52-30-13-15-34-55(52)62(60(51)53)58-37-19-36-57-59(58)54-31-14-16-35-56(54)61(57)46-23-17-22-45(42-46)43-38-40-50(41-39-43)63(47-24-7-2-8-25-47,48-26-9-3-10-27-48)49-28-11-4-12-29-49/h2-4,7-19,22-42,44H,1,5-6,20-21H2/i17D,22D,23D,38D,39D,40D,41D,42D. The van der Waals surface area contributed by atoms with Crippen molar-refractivity contribution in [3.8, 4) is 22.5 Å². The summed E-state index contributed by atoms with van der Waals surface area (Å²) >= 11 is 0. The smallest absolute Gasteiger partial charge is 0.179 e. The molecule has 11 aromatic rings. The van der Waals surface area contributed by atoms with Crippen LogP contribution in [0, 0.1) is 0 Å². The van der Waals surface area contributed by atoms with E-state index in [1.54, 1.807) is 0 Å². The van der Waals surface area contributed by atoms with Crippen LogP contribution in [0.15, 0.2) is 224 Å². The Hall–Kier alpha value is -7.20. The lowest BCUT2D eigenvalue weighted by Crippen LogP contribution is -2.74. The first-order valence-corrected chi connectivity index (χ1v) is 24.1. The number of hydrogen-bond acceptors (Lipinski definition) is 0. The average Bonchev–Trinajstić information content (AvgIpc) is 3.94. The molecule has 2 heterocycles. The molecule has 3 heteroatoms. The summed E-state index contributed by atoms with van der Waals surface area (Å²) < 4.78 is 82.5. The number of fused-ring (bicyclic) bond motifs is 6. The Morgan fingerprint density at radius 2 is 0.984 bits per heavy atom. The Morgan fingerprint density at radius 3 is 1.65 bits per heavy atom. The van der Waals surface area contributed by atoms with Gasteiger partial charge in [0.1, 0.15) is 0 Å². The van der Waals surface area contributed by atoms with Crippen LogP contribution in [0.1, 0.15) is 54.6 Å². The van der Waals surface area contributed by atoms with Crippen LogP contribution in [-0.2, 0) is 0 Å². The molecule has 0 atom stereocenters. The molecule has 0 unspecified atom stereocenters. The van der Waals surface area contributed by atoms with Crippen LogP contribution in [0.25, 0.3) is 66.1 Å². The van der Waals surface area contributed by atoms with Gasteiger partial charge in [-0.15, -0.1) is 0 Å². The van der Waals surface area contributed by atoms with Gasteiger partial charge in [-0.2, -0.15) is 0 Å². The first-order valence-electron chi connectivity index (χ1n) is 26.1. The molecular formula is C60H48N2Si. The maximum absolute atomic E-state index is 10.1. The Balaban J connectivity index is 1.14. The summed E-state index contributed by atoms with van der Waals surface area (Å²) in [6.45, 7) is 0. The number of benzene rings is 9. The zero-order valence-electron chi connectivity index (χ0n) is 42.8. The Labute approximate surface area is 381 Å². The molecule has 0 radical (unpaired) electrons. The summed E-state index contributed by atoms with van der Waals surface area (Å²) in [4.78, 5) is 0. The predicted octanol–water partition coefficient (Wildman–Crippen LogP) is 13.0. The second-order valence-electron chi connectivity index (χ2n) is 16.8. The van der Waals surface area contributed by atoms with Crippen molar-refractivity contribution in [1.82, 2.24) is 9.13 Å². The highest BCUT2D eigenvalue weighted by atomic mass is 28.3. The van der Waals surface area contributed by atoms with Crippen molar-refractivity contribution in [2.45, 2.75) is 38.0 Å². The van der Waals surface area contributed by atoms with Gasteiger partial charge >= 0.3 is 0 Å². The van der Waals surface area contributed by atoms with Crippen molar-refractivity contribution in [2.75, 3.05) is 0 Å². The van der Waals surface area contributed by atoms with E-state index in [4.69, 9.17) is 0 Å². The molecule has 2 aromatic heterocycles. The van der Waals surface area contributed by atoms with Gasteiger partial charge in [-0.05, 0) is 92.5 Å². The van der Waals surface area contributed by atoms with Crippen LogP contribution in [0.5, 0.6) is 0 Å². The number of aromatic nitrogens is 2. The summed E-state index contributed by atoms with van der Waals surface area (Å²) in [6, 6.07) is 55.5. The van der Waals surface area contributed by atoms with Crippen molar-refractivity contribution < 1.29 is 11.0 Å². The molecule has 63 heavy (non-hydrogen) atoms. The van der Waals surface area contributed by atoms with E-state index < -0.39 is 32.2 Å². The molecule has 9 aromatic carbocycles. The number of nitrogens with zero attached hydrogens (tertiary/aromatic N) is 2. The van der Waals surface area contributed by atoms with E-state index in [9.17, 15) is 11.0 Å². The van der Waals surface area contributed by atoms with E-state index >= 15 is 0 Å². The third-order valence-corrected chi connectivity index (χ3v) is 18.0. The molecule has 0 saturated heterocycles. The van der Waals surface area contributed by atoms with E-state index in [2.05, 4.69) is 53.1 Å². The predicted molar refractivity (Wildman–Crippen MR) is 270 cm³/mol. The molecule has 1 aliphatic carbocycles. The molecule has 0 bridgehead atoms. The van der Waals surface area contributed by atoms with Gasteiger partial charge in [0, 0.05) is 27.2 Å². The van der Waals surface area contributed by atoms with Crippen LogP contribution in [0.2, 0.25) is 0 Å². The minimum Gasteiger partial charge on any atom is -0.309 e. The summed E-state index contributed by atoms with van der Waals surface area (Å²) in [6.07, 6.45) is 5.91. The lowest BCUT2D eigenvalue weighted by molar-refractivity contribution is 0.445. The van der Waals surface area contributed by atoms with Gasteiger partial charge in [-0.3, -0.25) is 0 Å². The van der Waals surface area contributed by atoms with E-state index in [-0.39, 0.29) is 46.2 Å². The van der Waals surface area contributed by atoms with Crippen molar-refractivity contribution >= 4 is 72.4 Å². The second kappa shape index (κ2) is 15.6. The fourth-order valence-electron chi connectivity index (χ4n) is 10.7. The fraction of sp³-hybridized carbons (Fsp3) is 0.100. The first kappa shape index (κ1) is 29.9. The molecule has 302 valence electrons. The van der Waals surface area contributed by atoms with Crippen LogP contribution >= 0.6 is 0 Å². The minimum absolute atomic E-state index is 0.0250. The van der Waals surface area contributed by atoms with Crippen molar-refractivity contribution in [2.24, 2.45) is 0 Å². The molecule has 2 nitrogen and oxygen atoms in total. The lowest BCUT2D eigenvalue weighted by Gasteiger charge is -2.34. The molecule has 1 saturated carbocycles. The molecular weight excluding hydrogens is 777 g/mol. The summed E-state index contributed by atoms with van der Waals surface area (Å²) in [7, 11) is -3.60. The van der Waals surface area contributed by atoms with E-state index in [0.717, 1.165) is 55.8 Å². The van der Waals surface area contributed by atoms with Crippen LogP contribution in [-0.4, -0.2) is 17.2 Å². The number of rotatable bonds is 8. The van der Waals surface area contributed by atoms with Crippen LogP contribution in [0.4, 0.5) is 0 Å². The fourth-order valence-corrected chi connectivity index (χ4v) is 15.1. The zero-order chi connectivity index (χ0) is 48.7. The first-order chi connectivity index (χ1) is 34.6. The largest absolute Gasteiger partial charge is 0.309 e. The van der Waals surface area contributed by atoms with Gasteiger partial charge in [0.25, 0.3) is 0 Å². The van der Waals surface area contributed by atoms with Gasteiger partial charge < -0.3 is 9.13 Å². The molecule has 12 rings (SSSR count). The van der Waals surface area contributed by atoms with E-state index in [0.29, 0.717) is 17.0 Å². The molecule has 1 aliphatic rings. The molecule has 0 amide bonds. The van der Waals surface area contributed by atoms with Crippen LogP contribution in [0.3, 0.4) is 0 Å². The summed E-state index contributed by atoms with van der Waals surface area (Å²) in [5, 5.41) is 6.98. The Bertz CT molecular complexity index is 3780. The van der Waals surface area contributed by atoms with Gasteiger partial charge in [0.05, 0.1) is 38.7 Å². The van der Waals surface area contributed by atoms with Gasteiger partial charge in [-0.1, -0.05) is 207 Å².